The van der Waals surface area contributed by atoms with Gasteiger partial charge in [0, 0.05) is 11.6 Å². The molecule has 0 aromatic carbocycles. The third kappa shape index (κ3) is 4.24. The van der Waals surface area contributed by atoms with E-state index in [2.05, 4.69) is 11.9 Å². The second-order valence-electron chi connectivity index (χ2n) is 6.80. The monoisotopic (exact) mass is 252 g/mol. The van der Waals surface area contributed by atoms with Crippen molar-refractivity contribution in [1.29, 1.82) is 0 Å². The molecule has 106 valence electrons. The zero-order valence-electron chi connectivity index (χ0n) is 12.3. The smallest absolute Gasteiger partial charge is 0.0166 e. The first-order valence-electron chi connectivity index (χ1n) is 8.19. The van der Waals surface area contributed by atoms with Crippen LogP contribution < -0.4 is 5.73 Å². The predicted molar refractivity (Wildman–Crippen MR) is 78.7 cm³/mol. The van der Waals surface area contributed by atoms with E-state index < -0.39 is 0 Å². The molecule has 0 bridgehead atoms. The average molecular weight is 252 g/mol. The molecule has 0 unspecified atom stereocenters. The van der Waals surface area contributed by atoms with Gasteiger partial charge in [0.2, 0.25) is 0 Å². The first kappa shape index (κ1) is 14.3. The van der Waals surface area contributed by atoms with Gasteiger partial charge in [-0.3, -0.25) is 0 Å². The lowest BCUT2D eigenvalue weighted by Crippen LogP contribution is -2.45. The summed E-state index contributed by atoms with van der Waals surface area (Å²) < 4.78 is 0. The van der Waals surface area contributed by atoms with Crippen LogP contribution in [0.4, 0.5) is 0 Å². The van der Waals surface area contributed by atoms with Crippen LogP contribution in [0.1, 0.15) is 77.0 Å². The lowest BCUT2D eigenvalue weighted by Gasteiger charge is -2.36. The standard InChI is InChI=1S/C16H32N2/c1-18(15-9-5-2-3-6-10-15)14-13-16(17)11-7-4-8-12-16/h15H,2-14,17H2,1H3. The third-order valence-electron chi connectivity index (χ3n) is 5.26. The summed E-state index contributed by atoms with van der Waals surface area (Å²) in [6, 6.07) is 0.833. The highest BCUT2D eigenvalue weighted by atomic mass is 15.1. The fraction of sp³-hybridized carbons (Fsp3) is 1.00. The Balaban J connectivity index is 1.74. The molecule has 2 saturated carbocycles. The van der Waals surface area contributed by atoms with E-state index in [9.17, 15) is 0 Å². The largest absolute Gasteiger partial charge is 0.325 e. The first-order valence-corrected chi connectivity index (χ1v) is 8.19. The fourth-order valence-electron chi connectivity index (χ4n) is 3.79. The summed E-state index contributed by atoms with van der Waals surface area (Å²) in [5.41, 5.74) is 6.71. The summed E-state index contributed by atoms with van der Waals surface area (Å²) in [6.45, 7) is 1.21. The second-order valence-corrected chi connectivity index (χ2v) is 6.80. The van der Waals surface area contributed by atoms with Crippen molar-refractivity contribution in [2.24, 2.45) is 5.73 Å². The molecule has 2 aliphatic rings. The summed E-state index contributed by atoms with van der Waals surface area (Å²) >= 11 is 0. The van der Waals surface area contributed by atoms with E-state index in [1.807, 2.05) is 0 Å². The maximum Gasteiger partial charge on any atom is 0.0166 e. The van der Waals surface area contributed by atoms with E-state index in [1.54, 1.807) is 0 Å². The quantitative estimate of drug-likeness (QED) is 0.773. The van der Waals surface area contributed by atoms with Crippen molar-refractivity contribution in [3.05, 3.63) is 0 Å². The van der Waals surface area contributed by atoms with E-state index in [-0.39, 0.29) is 5.54 Å². The Morgan fingerprint density at radius 2 is 1.50 bits per heavy atom. The van der Waals surface area contributed by atoms with Crippen LogP contribution >= 0.6 is 0 Å². The molecule has 0 aromatic rings. The van der Waals surface area contributed by atoms with Gasteiger partial charge in [-0.25, -0.2) is 0 Å². The predicted octanol–water partition coefficient (Wildman–Crippen LogP) is 3.69. The number of hydrogen-bond donors (Lipinski definition) is 1. The number of nitrogens with two attached hydrogens (primary N) is 1. The van der Waals surface area contributed by atoms with Gasteiger partial charge in [-0.2, -0.15) is 0 Å². The molecule has 0 radical (unpaired) electrons. The van der Waals surface area contributed by atoms with Crippen LogP contribution in [0.2, 0.25) is 0 Å². The Hall–Kier alpha value is -0.0800. The highest BCUT2D eigenvalue weighted by molar-refractivity contribution is 4.88. The Morgan fingerprint density at radius 1 is 0.944 bits per heavy atom. The summed E-state index contributed by atoms with van der Waals surface area (Å²) in [7, 11) is 2.32. The van der Waals surface area contributed by atoms with E-state index in [0.717, 1.165) is 6.04 Å². The zero-order chi connectivity index (χ0) is 12.8. The lowest BCUT2D eigenvalue weighted by molar-refractivity contribution is 0.180. The van der Waals surface area contributed by atoms with Gasteiger partial charge < -0.3 is 10.6 Å². The molecule has 2 heteroatoms. The van der Waals surface area contributed by atoms with E-state index in [0.29, 0.717) is 0 Å². The van der Waals surface area contributed by atoms with E-state index in [4.69, 9.17) is 5.73 Å². The van der Waals surface area contributed by atoms with Crippen LogP contribution in [0, 0.1) is 0 Å². The first-order chi connectivity index (χ1) is 8.70. The molecule has 2 fully saturated rings. The Morgan fingerprint density at radius 3 is 2.11 bits per heavy atom. The molecule has 2 rings (SSSR count). The third-order valence-corrected chi connectivity index (χ3v) is 5.26. The normalized spacial score (nSPS) is 26.2. The summed E-state index contributed by atoms with van der Waals surface area (Å²) in [5.74, 6) is 0. The van der Waals surface area contributed by atoms with Crippen molar-refractivity contribution in [2.45, 2.75) is 88.6 Å². The molecule has 0 aliphatic heterocycles. The zero-order valence-corrected chi connectivity index (χ0v) is 12.3. The molecule has 0 amide bonds. The summed E-state index contributed by atoms with van der Waals surface area (Å²) in [5, 5.41) is 0. The van der Waals surface area contributed by atoms with Crippen molar-refractivity contribution < 1.29 is 0 Å². The van der Waals surface area contributed by atoms with E-state index >= 15 is 0 Å². The number of nitrogens with zero attached hydrogens (tertiary/aromatic N) is 1. The van der Waals surface area contributed by atoms with Crippen molar-refractivity contribution in [3.63, 3.8) is 0 Å². The van der Waals surface area contributed by atoms with Crippen LogP contribution in [0.3, 0.4) is 0 Å². The minimum absolute atomic E-state index is 0.164. The van der Waals surface area contributed by atoms with Crippen LogP contribution in [0.25, 0.3) is 0 Å². The molecule has 0 heterocycles. The maximum absolute atomic E-state index is 6.54. The molecular weight excluding hydrogens is 220 g/mol. The molecule has 0 aromatic heterocycles. The molecule has 0 spiro atoms. The number of hydrogen-bond acceptors (Lipinski definition) is 2. The summed E-state index contributed by atoms with van der Waals surface area (Å²) in [4.78, 5) is 2.61. The Kier molecular flexibility index (Phi) is 5.50. The van der Waals surface area contributed by atoms with Gasteiger partial charge in [0.05, 0.1) is 0 Å². The molecule has 2 N–H and O–H groups in total. The average Bonchev–Trinajstić information content (AvgIpc) is 2.66. The topological polar surface area (TPSA) is 29.3 Å². The molecule has 2 nitrogen and oxygen atoms in total. The molecular formula is C16H32N2. The van der Waals surface area contributed by atoms with Crippen LogP contribution in [0.15, 0.2) is 0 Å². The van der Waals surface area contributed by atoms with Gasteiger partial charge in [-0.15, -0.1) is 0 Å². The lowest BCUT2D eigenvalue weighted by atomic mass is 9.80. The number of rotatable bonds is 4. The van der Waals surface area contributed by atoms with Gasteiger partial charge in [-0.05, 0) is 45.7 Å². The minimum Gasteiger partial charge on any atom is -0.325 e. The van der Waals surface area contributed by atoms with Crippen molar-refractivity contribution in [3.8, 4) is 0 Å². The molecule has 2 aliphatic carbocycles. The van der Waals surface area contributed by atoms with Gasteiger partial charge >= 0.3 is 0 Å². The molecule has 18 heavy (non-hydrogen) atoms. The highest BCUT2D eigenvalue weighted by Crippen LogP contribution is 2.29. The van der Waals surface area contributed by atoms with Crippen LogP contribution in [-0.4, -0.2) is 30.1 Å². The Labute approximate surface area is 113 Å². The molecule has 0 saturated heterocycles. The maximum atomic E-state index is 6.54. The van der Waals surface area contributed by atoms with Gasteiger partial charge in [0.1, 0.15) is 0 Å². The minimum atomic E-state index is 0.164. The van der Waals surface area contributed by atoms with Gasteiger partial charge in [0.15, 0.2) is 0 Å². The second kappa shape index (κ2) is 6.91. The van der Waals surface area contributed by atoms with Crippen molar-refractivity contribution >= 4 is 0 Å². The van der Waals surface area contributed by atoms with Crippen LogP contribution in [0.5, 0.6) is 0 Å². The van der Waals surface area contributed by atoms with Gasteiger partial charge in [0.25, 0.3) is 0 Å². The Bertz CT molecular complexity index is 225. The summed E-state index contributed by atoms with van der Waals surface area (Å²) in [6.07, 6.45) is 16.4. The fourth-order valence-corrected chi connectivity index (χ4v) is 3.79. The van der Waals surface area contributed by atoms with E-state index in [1.165, 1.54) is 83.6 Å². The van der Waals surface area contributed by atoms with Gasteiger partial charge in [-0.1, -0.05) is 44.9 Å². The van der Waals surface area contributed by atoms with Crippen LogP contribution in [-0.2, 0) is 0 Å². The highest BCUT2D eigenvalue weighted by Gasteiger charge is 2.28. The SMILES string of the molecule is CN(CCC1(N)CCCCC1)C1CCCCCC1. The van der Waals surface area contributed by atoms with Crippen molar-refractivity contribution in [1.82, 2.24) is 4.90 Å². The van der Waals surface area contributed by atoms with Crippen molar-refractivity contribution in [2.75, 3.05) is 13.6 Å². The molecule has 0 atom stereocenters.